The Morgan fingerprint density at radius 1 is 1.19 bits per heavy atom. The van der Waals surface area contributed by atoms with Crippen LogP contribution in [0.4, 0.5) is 11.4 Å². The molecule has 0 spiro atoms. The van der Waals surface area contributed by atoms with Crippen LogP contribution in [-0.4, -0.2) is 22.5 Å². The standard InChI is InChI=1S/C24H22N4O4/c1-15-7-5-6-8-21(15)26-24(29)19(14-25)12-18-11-16(2)27(17(18)3)22-13-20(28(30)31)9-10-23(22)32-4/h5-13H,1-4H3,(H,26,29)/b19-12-. The Balaban J connectivity index is 2.04. The maximum Gasteiger partial charge on any atom is 0.271 e. The molecular formula is C24H22N4O4. The Labute approximate surface area is 185 Å². The number of para-hydroxylation sites is 1. The molecule has 1 aromatic heterocycles. The molecule has 1 heterocycles. The monoisotopic (exact) mass is 430 g/mol. The SMILES string of the molecule is COc1ccc([N+](=O)[O-])cc1-n1c(C)cc(/C=C(/C#N)C(=O)Nc2ccccc2C)c1C. The summed E-state index contributed by atoms with van der Waals surface area (Å²) in [6.07, 6.45) is 1.51. The maximum absolute atomic E-state index is 12.7. The molecule has 3 rings (SSSR count). The fraction of sp³-hybridized carbons (Fsp3) is 0.167. The molecule has 0 saturated heterocycles. The molecule has 8 nitrogen and oxygen atoms in total. The second-order valence-electron chi connectivity index (χ2n) is 7.21. The average molecular weight is 430 g/mol. The number of methoxy groups -OCH3 is 1. The number of nitro groups is 1. The molecule has 0 saturated carbocycles. The molecule has 0 aliphatic heterocycles. The summed E-state index contributed by atoms with van der Waals surface area (Å²) < 4.78 is 7.19. The molecule has 8 heteroatoms. The van der Waals surface area contributed by atoms with Crippen LogP contribution in [0.15, 0.2) is 54.1 Å². The number of hydrogen-bond acceptors (Lipinski definition) is 5. The number of nitrogens with one attached hydrogen (secondary N) is 1. The highest BCUT2D eigenvalue weighted by molar-refractivity contribution is 6.10. The Morgan fingerprint density at radius 2 is 1.91 bits per heavy atom. The van der Waals surface area contributed by atoms with E-state index in [1.165, 1.54) is 31.4 Å². The number of carbonyl (C=O) groups is 1. The van der Waals surface area contributed by atoms with Crippen LogP contribution in [0.25, 0.3) is 11.8 Å². The summed E-state index contributed by atoms with van der Waals surface area (Å²) in [6.45, 7) is 5.51. The van der Waals surface area contributed by atoms with Gasteiger partial charge in [-0.3, -0.25) is 14.9 Å². The van der Waals surface area contributed by atoms with Crippen LogP contribution in [0.1, 0.15) is 22.5 Å². The molecule has 1 N–H and O–H groups in total. The van der Waals surface area contributed by atoms with Crippen molar-refractivity contribution in [2.24, 2.45) is 0 Å². The first-order valence-corrected chi connectivity index (χ1v) is 9.77. The van der Waals surface area contributed by atoms with Crippen LogP contribution in [0.2, 0.25) is 0 Å². The highest BCUT2D eigenvalue weighted by Gasteiger charge is 2.19. The predicted molar refractivity (Wildman–Crippen MR) is 122 cm³/mol. The summed E-state index contributed by atoms with van der Waals surface area (Å²) >= 11 is 0. The summed E-state index contributed by atoms with van der Waals surface area (Å²) in [4.78, 5) is 23.5. The summed E-state index contributed by atoms with van der Waals surface area (Å²) in [5.41, 5.74) is 4.01. The molecule has 0 fully saturated rings. The van der Waals surface area contributed by atoms with E-state index in [1.807, 2.05) is 45.0 Å². The second kappa shape index (κ2) is 9.18. The number of aromatic nitrogens is 1. The highest BCUT2D eigenvalue weighted by atomic mass is 16.6. The first-order valence-electron chi connectivity index (χ1n) is 9.77. The van der Waals surface area contributed by atoms with Crippen LogP contribution in [-0.2, 0) is 4.79 Å². The summed E-state index contributed by atoms with van der Waals surface area (Å²) in [6, 6.07) is 15.4. The summed E-state index contributed by atoms with van der Waals surface area (Å²) in [5.74, 6) is -0.0507. The lowest BCUT2D eigenvalue weighted by Gasteiger charge is -2.14. The maximum atomic E-state index is 12.7. The number of nitriles is 1. The van der Waals surface area contributed by atoms with E-state index in [9.17, 15) is 20.2 Å². The van der Waals surface area contributed by atoms with E-state index < -0.39 is 10.8 Å². The van der Waals surface area contributed by atoms with Crippen LogP contribution in [0, 0.1) is 42.2 Å². The number of carbonyl (C=O) groups excluding carboxylic acids is 1. The number of nitro benzene ring substituents is 1. The van der Waals surface area contributed by atoms with Crippen molar-refractivity contribution in [2.45, 2.75) is 20.8 Å². The quantitative estimate of drug-likeness (QED) is 0.260. The van der Waals surface area contributed by atoms with E-state index in [-0.39, 0.29) is 11.3 Å². The van der Waals surface area contributed by atoms with Crippen molar-refractivity contribution in [3.05, 3.63) is 86.7 Å². The van der Waals surface area contributed by atoms with E-state index in [0.717, 1.165) is 11.3 Å². The van der Waals surface area contributed by atoms with Crippen molar-refractivity contribution in [2.75, 3.05) is 12.4 Å². The minimum absolute atomic E-state index is 0.0560. The number of nitrogens with zero attached hydrogens (tertiary/aromatic N) is 3. The number of rotatable bonds is 6. The Morgan fingerprint density at radius 3 is 2.53 bits per heavy atom. The molecule has 1 amide bonds. The highest BCUT2D eigenvalue weighted by Crippen LogP contribution is 2.32. The van der Waals surface area contributed by atoms with Crippen molar-refractivity contribution >= 4 is 23.4 Å². The first kappa shape index (κ1) is 22.3. The minimum Gasteiger partial charge on any atom is -0.495 e. The molecule has 0 unspecified atom stereocenters. The number of hydrogen-bond donors (Lipinski definition) is 1. The molecule has 0 aliphatic carbocycles. The second-order valence-corrected chi connectivity index (χ2v) is 7.21. The molecule has 0 atom stereocenters. The van der Waals surface area contributed by atoms with Gasteiger partial charge in [0.25, 0.3) is 11.6 Å². The number of non-ortho nitro benzene ring substituents is 1. The third kappa shape index (κ3) is 4.37. The minimum atomic E-state index is -0.514. The van der Waals surface area contributed by atoms with Gasteiger partial charge in [-0.15, -0.1) is 0 Å². The van der Waals surface area contributed by atoms with Crippen molar-refractivity contribution in [3.63, 3.8) is 0 Å². The topological polar surface area (TPSA) is 110 Å². The van der Waals surface area contributed by atoms with Gasteiger partial charge in [-0.25, -0.2) is 0 Å². The molecule has 0 bridgehead atoms. The Hall–Kier alpha value is -4.38. The number of aryl methyl sites for hydroxylation is 2. The largest absolute Gasteiger partial charge is 0.495 e. The Kier molecular flexibility index (Phi) is 6.40. The van der Waals surface area contributed by atoms with Gasteiger partial charge in [0.15, 0.2) is 0 Å². The Bertz CT molecular complexity index is 1280. The van der Waals surface area contributed by atoms with E-state index in [2.05, 4.69) is 5.32 Å². The number of anilines is 1. The predicted octanol–water partition coefficient (Wildman–Crippen LogP) is 4.87. The molecule has 32 heavy (non-hydrogen) atoms. The number of ether oxygens (including phenoxy) is 1. The smallest absolute Gasteiger partial charge is 0.271 e. The van der Waals surface area contributed by atoms with Gasteiger partial charge < -0.3 is 14.6 Å². The lowest BCUT2D eigenvalue weighted by molar-refractivity contribution is -0.384. The molecular weight excluding hydrogens is 408 g/mol. The van der Waals surface area contributed by atoms with E-state index in [4.69, 9.17) is 4.74 Å². The van der Waals surface area contributed by atoms with E-state index in [1.54, 1.807) is 16.7 Å². The van der Waals surface area contributed by atoms with Gasteiger partial charge in [0, 0.05) is 29.2 Å². The van der Waals surface area contributed by atoms with E-state index in [0.29, 0.717) is 28.4 Å². The average Bonchev–Trinajstić information content (AvgIpc) is 3.05. The molecule has 162 valence electrons. The third-order valence-electron chi connectivity index (χ3n) is 5.14. The van der Waals surface area contributed by atoms with Crippen LogP contribution < -0.4 is 10.1 Å². The van der Waals surface area contributed by atoms with Gasteiger partial charge >= 0.3 is 0 Å². The van der Waals surface area contributed by atoms with Gasteiger partial charge in [0.05, 0.1) is 17.7 Å². The molecule has 0 aliphatic rings. The van der Waals surface area contributed by atoms with Crippen molar-refractivity contribution in [1.82, 2.24) is 4.57 Å². The number of benzene rings is 2. The molecule has 0 radical (unpaired) electrons. The zero-order chi connectivity index (χ0) is 23.4. The van der Waals surface area contributed by atoms with Gasteiger partial charge in [-0.1, -0.05) is 18.2 Å². The van der Waals surface area contributed by atoms with Gasteiger partial charge in [-0.2, -0.15) is 5.26 Å². The fourth-order valence-electron chi connectivity index (χ4n) is 3.48. The van der Waals surface area contributed by atoms with Gasteiger partial charge in [0.1, 0.15) is 17.4 Å². The lowest BCUT2D eigenvalue weighted by Crippen LogP contribution is -2.14. The van der Waals surface area contributed by atoms with Crippen molar-refractivity contribution in [1.29, 1.82) is 5.26 Å². The summed E-state index contributed by atoms with van der Waals surface area (Å²) in [5, 5.41) is 23.6. The van der Waals surface area contributed by atoms with Gasteiger partial charge in [0.2, 0.25) is 0 Å². The molecule has 2 aromatic carbocycles. The molecule has 3 aromatic rings. The zero-order valence-corrected chi connectivity index (χ0v) is 18.2. The number of amides is 1. The van der Waals surface area contributed by atoms with Gasteiger partial charge in [-0.05, 0) is 56.2 Å². The van der Waals surface area contributed by atoms with Crippen LogP contribution in [0.5, 0.6) is 5.75 Å². The fourth-order valence-corrected chi connectivity index (χ4v) is 3.48. The van der Waals surface area contributed by atoms with Crippen molar-refractivity contribution < 1.29 is 14.5 Å². The summed E-state index contributed by atoms with van der Waals surface area (Å²) in [7, 11) is 1.49. The normalized spacial score (nSPS) is 11.0. The van der Waals surface area contributed by atoms with Crippen molar-refractivity contribution in [3.8, 4) is 17.5 Å². The van der Waals surface area contributed by atoms with E-state index >= 15 is 0 Å². The van der Waals surface area contributed by atoms with Crippen LogP contribution in [0.3, 0.4) is 0 Å². The third-order valence-corrected chi connectivity index (χ3v) is 5.14. The zero-order valence-electron chi connectivity index (χ0n) is 18.2. The lowest BCUT2D eigenvalue weighted by atomic mass is 10.1. The first-order chi connectivity index (χ1) is 15.3. The van der Waals surface area contributed by atoms with Crippen LogP contribution >= 0.6 is 0 Å².